The van der Waals surface area contributed by atoms with Gasteiger partial charge in [-0.3, -0.25) is 0 Å². The van der Waals surface area contributed by atoms with Gasteiger partial charge in [-0.1, -0.05) is 35.3 Å². The molecule has 1 saturated heterocycles. The molecule has 0 N–H and O–H groups in total. The Morgan fingerprint density at radius 2 is 2.00 bits per heavy atom. The highest BCUT2D eigenvalue weighted by Gasteiger charge is 2.37. The molecule has 7 nitrogen and oxygen atoms in total. The summed E-state index contributed by atoms with van der Waals surface area (Å²) in [7, 11) is -2.23. The van der Waals surface area contributed by atoms with Crippen LogP contribution in [-0.4, -0.2) is 60.5 Å². The molecule has 10 heteroatoms. The Bertz CT molecular complexity index is 1050. The molecule has 0 radical (unpaired) electrons. The Labute approximate surface area is 180 Å². The van der Waals surface area contributed by atoms with E-state index in [4.69, 9.17) is 27.9 Å². The molecule has 3 rings (SSSR count). The third-order valence-corrected chi connectivity index (χ3v) is 7.25. The average molecular weight is 460 g/mol. The van der Waals surface area contributed by atoms with E-state index in [2.05, 4.69) is 4.98 Å². The number of ether oxygens (including phenoxy) is 1. The van der Waals surface area contributed by atoms with Gasteiger partial charge in [0.2, 0.25) is 10.0 Å². The maximum atomic E-state index is 13.3. The quantitative estimate of drug-likeness (QED) is 0.643. The summed E-state index contributed by atoms with van der Waals surface area (Å²) < 4.78 is 33.4. The summed E-state index contributed by atoms with van der Waals surface area (Å²) in [6.45, 7) is 5.81. The van der Waals surface area contributed by atoms with Crippen molar-refractivity contribution in [2.45, 2.75) is 43.7 Å². The lowest BCUT2D eigenvalue weighted by Gasteiger charge is -2.28. The summed E-state index contributed by atoms with van der Waals surface area (Å²) in [5, 5.41) is 1.22. The van der Waals surface area contributed by atoms with Gasteiger partial charge in [-0.25, -0.2) is 18.2 Å². The lowest BCUT2D eigenvalue weighted by atomic mass is 10.2. The van der Waals surface area contributed by atoms with Crippen molar-refractivity contribution in [2.75, 3.05) is 20.1 Å². The van der Waals surface area contributed by atoms with Crippen LogP contribution >= 0.6 is 23.2 Å². The number of aromatic nitrogens is 1. The second kappa shape index (κ2) is 7.91. The van der Waals surface area contributed by atoms with Crippen molar-refractivity contribution in [3.63, 3.8) is 0 Å². The summed E-state index contributed by atoms with van der Waals surface area (Å²) in [6.07, 6.45) is 1.37. The van der Waals surface area contributed by atoms with Crippen molar-refractivity contribution in [3.05, 3.63) is 34.6 Å². The number of fused-ring (bicyclic) bond motifs is 1. The highest BCUT2D eigenvalue weighted by atomic mass is 35.5. The molecule has 1 aliphatic rings. The zero-order valence-electron chi connectivity index (χ0n) is 16.6. The number of carbonyl (C=O) groups is 1. The van der Waals surface area contributed by atoms with Crippen LogP contribution in [-0.2, 0) is 14.8 Å². The molecular weight excluding hydrogens is 437 g/mol. The molecule has 2 aromatic rings. The number of hydrogen-bond donors (Lipinski definition) is 0. The number of benzene rings is 1. The molecule has 0 unspecified atom stereocenters. The third-order valence-electron chi connectivity index (χ3n) is 4.75. The number of carbonyl (C=O) groups excluding carboxylic acids is 1. The number of amides is 1. The third kappa shape index (κ3) is 4.45. The lowest BCUT2D eigenvalue weighted by Crippen LogP contribution is -2.42. The number of likely N-dealkylation sites (N-methyl/N-ethyl adjacent to an activating group) is 1. The Morgan fingerprint density at radius 1 is 1.31 bits per heavy atom. The molecule has 0 saturated carbocycles. The normalized spacial score (nSPS) is 18.2. The predicted molar refractivity (Wildman–Crippen MR) is 113 cm³/mol. The summed E-state index contributed by atoms with van der Waals surface area (Å²) in [6, 6.07) is 4.51. The molecule has 0 spiro atoms. The van der Waals surface area contributed by atoms with Gasteiger partial charge in [0.15, 0.2) is 0 Å². The van der Waals surface area contributed by atoms with Crippen molar-refractivity contribution in [3.8, 4) is 0 Å². The number of pyridine rings is 1. The van der Waals surface area contributed by atoms with Crippen LogP contribution in [0.5, 0.6) is 0 Å². The van der Waals surface area contributed by atoms with Crippen LogP contribution in [0.25, 0.3) is 10.8 Å². The number of hydrogen-bond acceptors (Lipinski definition) is 5. The number of nitrogens with zero attached hydrogens (tertiary/aromatic N) is 3. The first-order valence-electron chi connectivity index (χ1n) is 9.10. The molecule has 2 heterocycles. The monoisotopic (exact) mass is 459 g/mol. The van der Waals surface area contributed by atoms with Crippen molar-refractivity contribution in [2.24, 2.45) is 0 Å². The van der Waals surface area contributed by atoms with Gasteiger partial charge < -0.3 is 9.64 Å². The Kier molecular flexibility index (Phi) is 6.02. The van der Waals surface area contributed by atoms with Crippen LogP contribution in [0.2, 0.25) is 10.2 Å². The van der Waals surface area contributed by atoms with Gasteiger partial charge in [-0.2, -0.15) is 4.31 Å². The van der Waals surface area contributed by atoms with Gasteiger partial charge in [-0.05, 0) is 33.3 Å². The highest BCUT2D eigenvalue weighted by molar-refractivity contribution is 7.89. The van der Waals surface area contributed by atoms with E-state index in [1.54, 1.807) is 40.0 Å². The van der Waals surface area contributed by atoms with E-state index in [0.29, 0.717) is 17.2 Å². The molecule has 1 atom stereocenters. The van der Waals surface area contributed by atoms with Crippen LogP contribution in [0.1, 0.15) is 27.2 Å². The Balaban J connectivity index is 1.88. The van der Waals surface area contributed by atoms with Crippen molar-refractivity contribution in [1.29, 1.82) is 0 Å². The molecule has 0 aliphatic carbocycles. The molecule has 1 amide bonds. The van der Waals surface area contributed by atoms with Gasteiger partial charge in [0.1, 0.15) is 10.8 Å². The minimum Gasteiger partial charge on any atom is -0.444 e. The topological polar surface area (TPSA) is 79.8 Å². The van der Waals surface area contributed by atoms with Crippen molar-refractivity contribution >= 4 is 50.1 Å². The van der Waals surface area contributed by atoms with E-state index in [9.17, 15) is 13.2 Å². The van der Waals surface area contributed by atoms with Crippen LogP contribution in [0.4, 0.5) is 4.79 Å². The van der Waals surface area contributed by atoms with Gasteiger partial charge >= 0.3 is 6.09 Å². The van der Waals surface area contributed by atoms with Gasteiger partial charge in [0, 0.05) is 43.1 Å². The number of sulfonamides is 1. The predicted octanol–water partition coefficient (Wildman–Crippen LogP) is 4.17. The summed E-state index contributed by atoms with van der Waals surface area (Å²) in [5.74, 6) is 0. The second-order valence-corrected chi connectivity index (χ2v) is 10.6. The van der Waals surface area contributed by atoms with Crippen molar-refractivity contribution < 1.29 is 17.9 Å². The van der Waals surface area contributed by atoms with E-state index in [1.807, 2.05) is 0 Å². The minimum atomic E-state index is -3.85. The van der Waals surface area contributed by atoms with Crippen LogP contribution in [0.3, 0.4) is 0 Å². The largest absolute Gasteiger partial charge is 0.444 e. The fourth-order valence-corrected chi connectivity index (χ4v) is 5.51. The summed E-state index contributed by atoms with van der Waals surface area (Å²) in [5.41, 5.74) is -0.622. The van der Waals surface area contributed by atoms with E-state index < -0.39 is 21.7 Å². The molecule has 1 aromatic heterocycles. The van der Waals surface area contributed by atoms with Gasteiger partial charge in [0.05, 0.1) is 9.92 Å². The summed E-state index contributed by atoms with van der Waals surface area (Å²) >= 11 is 12.4. The molecule has 1 fully saturated rings. The SMILES string of the molecule is CN(C(=O)OC(C)(C)C)[C@@H]1CCN(S(=O)(=O)c2cccc3c(Cl)ncc(Cl)c23)C1. The molecular formula is C19H23Cl2N3O4S. The first-order valence-corrected chi connectivity index (χ1v) is 11.3. The smallest absolute Gasteiger partial charge is 0.410 e. The van der Waals surface area contributed by atoms with E-state index in [1.165, 1.54) is 21.5 Å². The molecule has 29 heavy (non-hydrogen) atoms. The molecule has 158 valence electrons. The van der Waals surface area contributed by atoms with Gasteiger partial charge in [0.25, 0.3) is 0 Å². The zero-order valence-corrected chi connectivity index (χ0v) is 19.0. The Morgan fingerprint density at radius 3 is 2.66 bits per heavy atom. The zero-order chi connectivity index (χ0) is 21.6. The Hall–Kier alpha value is -1.61. The minimum absolute atomic E-state index is 0.0740. The highest BCUT2D eigenvalue weighted by Crippen LogP contribution is 2.35. The molecule has 0 bridgehead atoms. The first kappa shape index (κ1) is 22.1. The van der Waals surface area contributed by atoms with E-state index >= 15 is 0 Å². The molecule has 1 aliphatic heterocycles. The maximum Gasteiger partial charge on any atom is 0.410 e. The lowest BCUT2D eigenvalue weighted by molar-refractivity contribution is 0.0232. The fraction of sp³-hybridized carbons (Fsp3) is 0.474. The molecule has 1 aromatic carbocycles. The van der Waals surface area contributed by atoms with E-state index in [-0.39, 0.29) is 34.2 Å². The second-order valence-electron chi connectivity index (χ2n) is 7.97. The number of rotatable bonds is 3. The van der Waals surface area contributed by atoms with Gasteiger partial charge in [-0.15, -0.1) is 0 Å². The fourth-order valence-electron chi connectivity index (χ4n) is 3.28. The average Bonchev–Trinajstić information content (AvgIpc) is 3.13. The number of halogens is 2. The van der Waals surface area contributed by atoms with Crippen LogP contribution in [0, 0.1) is 0 Å². The standard InChI is InChI=1S/C19H23Cl2N3O4S/c1-19(2,3)28-18(25)23(4)12-8-9-24(11-12)29(26,27)15-7-5-6-13-16(15)14(20)10-22-17(13)21/h5-7,10,12H,8-9,11H2,1-4H3/t12-/m1/s1. The van der Waals surface area contributed by atoms with Crippen LogP contribution < -0.4 is 0 Å². The maximum absolute atomic E-state index is 13.3. The van der Waals surface area contributed by atoms with Crippen LogP contribution in [0.15, 0.2) is 29.3 Å². The van der Waals surface area contributed by atoms with Crippen molar-refractivity contribution in [1.82, 2.24) is 14.2 Å². The van der Waals surface area contributed by atoms with E-state index in [0.717, 1.165) is 0 Å². The first-order chi connectivity index (χ1) is 13.4. The summed E-state index contributed by atoms with van der Waals surface area (Å²) in [4.78, 5) is 17.8.